The van der Waals surface area contributed by atoms with E-state index in [0.717, 1.165) is 28.6 Å². The van der Waals surface area contributed by atoms with E-state index in [0.29, 0.717) is 19.2 Å². The summed E-state index contributed by atoms with van der Waals surface area (Å²) in [5.41, 5.74) is 6.77. The summed E-state index contributed by atoms with van der Waals surface area (Å²) >= 11 is 3.47. The normalized spacial score (nSPS) is 15.0. The molecule has 1 aliphatic carbocycles. The van der Waals surface area contributed by atoms with E-state index in [9.17, 15) is 4.79 Å². The molecule has 6 heteroatoms. The molecule has 118 valence electrons. The molecule has 0 radical (unpaired) electrons. The number of rotatable bonds is 6. The Balaban J connectivity index is 0.00000220. The fourth-order valence-corrected chi connectivity index (χ4v) is 2.59. The summed E-state index contributed by atoms with van der Waals surface area (Å²) in [6.07, 6.45) is 2.13. The summed E-state index contributed by atoms with van der Waals surface area (Å²) in [6.45, 7) is 4.86. The first-order chi connectivity index (χ1) is 9.52. The van der Waals surface area contributed by atoms with Crippen molar-refractivity contribution >= 4 is 34.2 Å². The van der Waals surface area contributed by atoms with Gasteiger partial charge in [0.25, 0.3) is 0 Å². The van der Waals surface area contributed by atoms with Crippen LogP contribution in [0.4, 0.5) is 0 Å². The van der Waals surface area contributed by atoms with Crippen LogP contribution in [0.25, 0.3) is 0 Å². The van der Waals surface area contributed by atoms with E-state index < -0.39 is 6.04 Å². The summed E-state index contributed by atoms with van der Waals surface area (Å²) in [6, 6.07) is 5.77. The average molecular weight is 378 g/mol. The van der Waals surface area contributed by atoms with E-state index in [1.807, 2.05) is 30.0 Å². The first-order valence-electron chi connectivity index (χ1n) is 7.00. The van der Waals surface area contributed by atoms with Crippen LogP contribution in [-0.4, -0.2) is 29.5 Å². The Labute approximate surface area is 140 Å². The Morgan fingerprint density at radius 1 is 1.52 bits per heavy atom. The van der Waals surface area contributed by atoms with Gasteiger partial charge in [0.15, 0.2) is 0 Å². The van der Waals surface area contributed by atoms with Crippen LogP contribution >= 0.6 is 28.3 Å². The maximum Gasteiger partial charge on any atom is 0.239 e. The monoisotopic (exact) mass is 376 g/mol. The zero-order valence-electron chi connectivity index (χ0n) is 12.3. The van der Waals surface area contributed by atoms with Crippen molar-refractivity contribution in [3.8, 4) is 5.75 Å². The zero-order valence-corrected chi connectivity index (χ0v) is 14.7. The molecule has 0 bridgehead atoms. The number of amides is 1. The van der Waals surface area contributed by atoms with Gasteiger partial charge in [-0.05, 0) is 44.9 Å². The molecule has 1 aromatic rings. The number of hydrogen-bond donors (Lipinski definition) is 1. The van der Waals surface area contributed by atoms with Crippen LogP contribution in [-0.2, 0) is 11.3 Å². The molecule has 1 aliphatic rings. The lowest BCUT2D eigenvalue weighted by atomic mass is 10.1. The van der Waals surface area contributed by atoms with Crippen LogP contribution in [0.2, 0.25) is 0 Å². The molecule has 2 rings (SSSR count). The third-order valence-corrected chi connectivity index (χ3v) is 3.82. The SMILES string of the molecule is CCOc1ccc(Br)cc1CN(C(=O)[C@@H](C)N)C1CC1.Cl. The molecule has 0 unspecified atom stereocenters. The molecule has 0 aromatic heterocycles. The molecule has 1 aromatic carbocycles. The number of hydrogen-bond acceptors (Lipinski definition) is 3. The van der Waals surface area contributed by atoms with Crippen LogP contribution in [0.5, 0.6) is 5.75 Å². The second kappa shape index (κ2) is 8.01. The van der Waals surface area contributed by atoms with E-state index in [2.05, 4.69) is 15.9 Å². The Morgan fingerprint density at radius 3 is 2.71 bits per heavy atom. The van der Waals surface area contributed by atoms with Gasteiger partial charge in [-0.2, -0.15) is 0 Å². The molecule has 1 saturated carbocycles. The Bertz CT molecular complexity index is 493. The highest BCUT2D eigenvalue weighted by Crippen LogP contribution is 2.32. The Morgan fingerprint density at radius 2 is 2.19 bits per heavy atom. The van der Waals surface area contributed by atoms with Crippen LogP contribution < -0.4 is 10.5 Å². The van der Waals surface area contributed by atoms with Gasteiger partial charge in [0.1, 0.15) is 5.75 Å². The number of halogens is 2. The Hall–Kier alpha value is -0.780. The maximum atomic E-state index is 12.2. The first-order valence-corrected chi connectivity index (χ1v) is 7.79. The molecule has 4 nitrogen and oxygen atoms in total. The Kier molecular flexibility index (Phi) is 6.97. The molecule has 1 amide bonds. The van der Waals surface area contributed by atoms with Gasteiger partial charge in [0, 0.05) is 22.6 Å². The lowest BCUT2D eigenvalue weighted by Crippen LogP contribution is -2.42. The molecule has 0 aliphatic heterocycles. The van der Waals surface area contributed by atoms with Crippen LogP contribution in [0.15, 0.2) is 22.7 Å². The van der Waals surface area contributed by atoms with Crippen LogP contribution in [0.1, 0.15) is 32.3 Å². The van der Waals surface area contributed by atoms with E-state index >= 15 is 0 Å². The number of carbonyl (C=O) groups is 1. The number of ether oxygens (including phenoxy) is 1. The molecule has 0 spiro atoms. The molecular formula is C15H22BrClN2O2. The van der Waals surface area contributed by atoms with Crippen LogP contribution in [0, 0.1) is 0 Å². The molecule has 1 fully saturated rings. The summed E-state index contributed by atoms with van der Waals surface area (Å²) in [7, 11) is 0. The van der Waals surface area contributed by atoms with Gasteiger partial charge in [0.05, 0.1) is 12.6 Å². The highest BCUT2D eigenvalue weighted by molar-refractivity contribution is 9.10. The van der Waals surface area contributed by atoms with Crippen molar-refractivity contribution in [2.75, 3.05) is 6.61 Å². The van der Waals surface area contributed by atoms with E-state index in [4.69, 9.17) is 10.5 Å². The zero-order chi connectivity index (χ0) is 14.7. The van der Waals surface area contributed by atoms with Crippen molar-refractivity contribution in [3.63, 3.8) is 0 Å². The molecule has 2 N–H and O–H groups in total. The minimum absolute atomic E-state index is 0. The van der Waals surface area contributed by atoms with Crippen molar-refractivity contribution in [1.29, 1.82) is 0 Å². The van der Waals surface area contributed by atoms with Crippen molar-refractivity contribution in [3.05, 3.63) is 28.2 Å². The van der Waals surface area contributed by atoms with Gasteiger partial charge in [-0.1, -0.05) is 15.9 Å². The molecular weight excluding hydrogens is 356 g/mol. The summed E-state index contributed by atoms with van der Waals surface area (Å²) in [4.78, 5) is 14.1. The van der Waals surface area contributed by atoms with Crippen molar-refractivity contribution < 1.29 is 9.53 Å². The summed E-state index contributed by atoms with van der Waals surface area (Å²) < 4.78 is 6.63. The number of carbonyl (C=O) groups excluding carboxylic acids is 1. The average Bonchev–Trinajstić information content (AvgIpc) is 3.22. The predicted octanol–water partition coefficient (Wildman–Crippen LogP) is 3.11. The smallest absolute Gasteiger partial charge is 0.239 e. The highest BCUT2D eigenvalue weighted by atomic mass is 79.9. The number of nitrogens with zero attached hydrogens (tertiary/aromatic N) is 1. The molecule has 0 saturated heterocycles. The molecule has 0 heterocycles. The topological polar surface area (TPSA) is 55.6 Å². The van der Waals surface area contributed by atoms with Crippen molar-refractivity contribution in [2.24, 2.45) is 5.73 Å². The lowest BCUT2D eigenvalue weighted by Gasteiger charge is -2.25. The van der Waals surface area contributed by atoms with Gasteiger partial charge in [-0.3, -0.25) is 4.79 Å². The second-order valence-electron chi connectivity index (χ2n) is 5.17. The van der Waals surface area contributed by atoms with E-state index in [-0.39, 0.29) is 18.3 Å². The number of nitrogens with two attached hydrogens (primary N) is 1. The first kappa shape index (κ1) is 18.3. The minimum Gasteiger partial charge on any atom is -0.494 e. The van der Waals surface area contributed by atoms with Crippen molar-refractivity contribution in [1.82, 2.24) is 4.90 Å². The summed E-state index contributed by atoms with van der Waals surface area (Å²) in [5, 5.41) is 0. The van der Waals surface area contributed by atoms with E-state index in [1.54, 1.807) is 6.92 Å². The third kappa shape index (κ3) is 4.87. The van der Waals surface area contributed by atoms with Crippen molar-refractivity contribution in [2.45, 2.75) is 45.3 Å². The van der Waals surface area contributed by atoms with Crippen LogP contribution in [0.3, 0.4) is 0 Å². The molecule has 1 atom stereocenters. The van der Waals surface area contributed by atoms with E-state index in [1.165, 1.54) is 0 Å². The fraction of sp³-hybridized carbons (Fsp3) is 0.533. The van der Waals surface area contributed by atoms with Gasteiger partial charge in [0.2, 0.25) is 5.91 Å². The largest absolute Gasteiger partial charge is 0.494 e. The highest BCUT2D eigenvalue weighted by Gasteiger charge is 2.34. The lowest BCUT2D eigenvalue weighted by molar-refractivity contribution is -0.133. The second-order valence-corrected chi connectivity index (χ2v) is 6.09. The molecule has 21 heavy (non-hydrogen) atoms. The summed E-state index contributed by atoms with van der Waals surface area (Å²) in [5.74, 6) is 0.841. The van der Waals surface area contributed by atoms with Gasteiger partial charge >= 0.3 is 0 Å². The third-order valence-electron chi connectivity index (χ3n) is 3.32. The quantitative estimate of drug-likeness (QED) is 0.829. The van der Waals surface area contributed by atoms with Gasteiger partial charge in [-0.25, -0.2) is 0 Å². The predicted molar refractivity (Wildman–Crippen MR) is 89.8 cm³/mol. The standard InChI is InChI=1S/C15H21BrN2O2.ClH/c1-3-20-14-7-4-12(16)8-11(14)9-18(13-5-6-13)15(19)10(2)17;/h4,7-8,10,13H,3,5-6,9,17H2,1-2H3;1H/t10-;/m1./s1. The fourth-order valence-electron chi connectivity index (χ4n) is 2.19. The minimum atomic E-state index is -0.460. The number of benzene rings is 1. The van der Waals surface area contributed by atoms with Gasteiger partial charge in [-0.15, -0.1) is 12.4 Å². The maximum absolute atomic E-state index is 12.2. The van der Waals surface area contributed by atoms with Gasteiger partial charge < -0.3 is 15.4 Å².